The molecular formula is C16H14N2O4. The lowest BCUT2D eigenvalue weighted by Crippen LogP contribution is -2.17. The first-order chi connectivity index (χ1) is 10.5. The fourth-order valence-electron chi connectivity index (χ4n) is 2.52. The van der Waals surface area contributed by atoms with Gasteiger partial charge in [-0.05, 0) is 23.8 Å². The van der Waals surface area contributed by atoms with E-state index in [9.17, 15) is 9.59 Å². The van der Waals surface area contributed by atoms with Gasteiger partial charge in [-0.15, -0.1) is 0 Å². The Morgan fingerprint density at radius 1 is 1.23 bits per heavy atom. The van der Waals surface area contributed by atoms with Crippen molar-refractivity contribution in [3.05, 3.63) is 59.2 Å². The zero-order valence-corrected chi connectivity index (χ0v) is 11.6. The predicted octanol–water partition coefficient (Wildman–Crippen LogP) is 2.18. The van der Waals surface area contributed by atoms with Gasteiger partial charge in [-0.3, -0.25) is 0 Å². The number of amides is 1. The number of ether oxygens (including phenoxy) is 2. The Morgan fingerprint density at radius 2 is 2.00 bits per heavy atom. The summed E-state index contributed by atoms with van der Waals surface area (Å²) in [5.74, 6) is -0.0458. The number of hydrogen-bond acceptors (Lipinski definition) is 5. The summed E-state index contributed by atoms with van der Waals surface area (Å²) in [4.78, 5) is 22.8. The molecule has 1 amide bonds. The number of benzene rings is 2. The molecule has 0 saturated heterocycles. The highest BCUT2D eigenvalue weighted by atomic mass is 16.6. The first-order valence-electron chi connectivity index (χ1n) is 6.70. The fourth-order valence-corrected chi connectivity index (χ4v) is 2.52. The van der Waals surface area contributed by atoms with Crippen LogP contribution in [0.4, 0.5) is 10.5 Å². The summed E-state index contributed by atoms with van der Waals surface area (Å²) in [5.41, 5.74) is 13.2. The molecule has 1 atom stereocenters. The van der Waals surface area contributed by atoms with Gasteiger partial charge in [-0.1, -0.05) is 24.3 Å². The number of hydrogen-bond donors (Lipinski definition) is 2. The van der Waals surface area contributed by atoms with E-state index in [1.807, 2.05) is 6.07 Å². The van der Waals surface area contributed by atoms with Gasteiger partial charge < -0.3 is 20.9 Å². The average Bonchev–Trinajstić information content (AvgIpc) is 2.76. The number of esters is 1. The molecule has 1 aliphatic heterocycles. The molecular weight excluding hydrogens is 284 g/mol. The molecule has 1 heterocycles. The third-order valence-corrected chi connectivity index (χ3v) is 3.48. The van der Waals surface area contributed by atoms with Crippen LogP contribution in [0.5, 0.6) is 5.75 Å². The second-order valence-electron chi connectivity index (χ2n) is 4.97. The molecule has 1 aliphatic rings. The minimum absolute atomic E-state index is 0.356. The standard InChI is InChI=1S/C16H14N2O4/c17-10-5-6-11-12(8-10)15(19)21-14(11)7-9-3-1-2-4-13(9)22-16(18)20/h1-6,8,14H,7,17H2,(H2,18,20). The largest absolute Gasteiger partial charge is 0.453 e. The molecule has 2 aromatic carbocycles. The Labute approximate surface area is 126 Å². The number of para-hydroxylation sites is 1. The van der Waals surface area contributed by atoms with Crippen molar-refractivity contribution < 1.29 is 19.1 Å². The van der Waals surface area contributed by atoms with Crippen molar-refractivity contribution in [3.63, 3.8) is 0 Å². The fraction of sp³-hybridized carbons (Fsp3) is 0.125. The first-order valence-corrected chi connectivity index (χ1v) is 6.70. The molecule has 112 valence electrons. The van der Waals surface area contributed by atoms with E-state index in [4.69, 9.17) is 20.9 Å². The van der Waals surface area contributed by atoms with Crippen molar-refractivity contribution >= 4 is 17.7 Å². The maximum absolute atomic E-state index is 11.9. The molecule has 0 bridgehead atoms. The number of carbonyl (C=O) groups is 2. The van der Waals surface area contributed by atoms with Gasteiger partial charge in [0.1, 0.15) is 11.9 Å². The van der Waals surface area contributed by atoms with Crippen LogP contribution in [0, 0.1) is 0 Å². The van der Waals surface area contributed by atoms with Gasteiger partial charge in [0.25, 0.3) is 0 Å². The minimum atomic E-state index is -0.885. The van der Waals surface area contributed by atoms with Crippen molar-refractivity contribution in [3.8, 4) is 5.75 Å². The zero-order chi connectivity index (χ0) is 15.7. The van der Waals surface area contributed by atoms with Crippen molar-refractivity contribution in [1.29, 1.82) is 0 Å². The highest BCUT2D eigenvalue weighted by Crippen LogP contribution is 2.36. The lowest BCUT2D eigenvalue weighted by Gasteiger charge is -2.13. The van der Waals surface area contributed by atoms with Crippen LogP contribution in [0.25, 0.3) is 0 Å². The topological polar surface area (TPSA) is 105 Å². The number of rotatable bonds is 3. The van der Waals surface area contributed by atoms with Crippen LogP contribution in [0.2, 0.25) is 0 Å². The summed E-state index contributed by atoms with van der Waals surface area (Å²) < 4.78 is 10.4. The lowest BCUT2D eigenvalue weighted by molar-refractivity contribution is 0.0385. The van der Waals surface area contributed by atoms with Crippen LogP contribution >= 0.6 is 0 Å². The van der Waals surface area contributed by atoms with E-state index < -0.39 is 18.2 Å². The number of cyclic esters (lactones) is 1. The quantitative estimate of drug-likeness (QED) is 0.667. The summed E-state index contributed by atoms with van der Waals surface area (Å²) in [5, 5.41) is 0. The maximum Gasteiger partial charge on any atom is 0.409 e. The number of nitrogens with two attached hydrogens (primary N) is 2. The van der Waals surface area contributed by atoms with Crippen molar-refractivity contribution in [2.24, 2.45) is 5.73 Å². The van der Waals surface area contributed by atoms with E-state index in [2.05, 4.69) is 0 Å². The van der Waals surface area contributed by atoms with E-state index in [0.717, 1.165) is 11.1 Å². The average molecular weight is 298 g/mol. The van der Waals surface area contributed by atoms with Gasteiger partial charge in [0.15, 0.2) is 0 Å². The van der Waals surface area contributed by atoms with E-state index in [-0.39, 0.29) is 0 Å². The lowest BCUT2D eigenvalue weighted by atomic mass is 9.98. The van der Waals surface area contributed by atoms with Crippen LogP contribution in [-0.2, 0) is 11.2 Å². The SMILES string of the molecule is NC(=O)Oc1ccccc1CC1OC(=O)c2cc(N)ccc21. The first kappa shape index (κ1) is 13.9. The Morgan fingerprint density at radius 3 is 2.77 bits per heavy atom. The molecule has 4 N–H and O–H groups in total. The monoisotopic (exact) mass is 298 g/mol. The zero-order valence-electron chi connectivity index (χ0n) is 11.6. The molecule has 0 spiro atoms. The summed E-state index contributed by atoms with van der Waals surface area (Å²) >= 11 is 0. The molecule has 6 heteroatoms. The van der Waals surface area contributed by atoms with Gasteiger partial charge in [0.05, 0.1) is 5.56 Å². The van der Waals surface area contributed by atoms with Gasteiger partial charge in [0, 0.05) is 17.7 Å². The normalized spacial score (nSPS) is 16.0. The van der Waals surface area contributed by atoms with E-state index in [0.29, 0.717) is 23.4 Å². The number of nitrogen functional groups attached to an aromatic ring is 1. The van der Waals surface area contributed by atoms with Gasteiger partial charge >= 0.3 is 12.1 Å². The third-order valence-electron chi connectivity index (χ3n) is 3.48. The van der Waals surface area contributed by atoms with Crippen LogP contribution in [0.15, 0.2) is 42.5 Å². The van der Waals surface area contributed by atoms with Crippen LogP contribution < -0.4 is 16.2 Å². The second kappa shape index (κ2) is 5.40. The smallest absolute Gasteiger partial charge is 0.409 e. The van der Waals surface area contributed by atoms with Gasteiger partial charge in [-0.25, -0.2) is 9.59 Å². The molecule has 3 rings (SSSR count). The predicted molar refractivity (Wildman–Crippen MR) is 79.4 cm³/mol. The van der Waals surface area contributed by atoms with Crippen LogP contribution in [0.3, 0.4) is 0 Å². The second-order valence-corrected chi connectivity index (χ2v) is 4.97. The van der Waals surface area contributed by atoms with Crippen LogP contribution in [0.1, 0.15) is 27.6 Å². The molecule has 0 radical (unpaired) electrons. The van der Waals surface area contributed by atoms with Crippen molar-refractivity contribution in [2.45, 2.75) is 12.5 Å². The highest BCUT2D eigenvalue weighted by molar-refractivity contribution is 5.95. The van der Waals surface area contributed by atoms with E-state index >= 15 is 0 Å². The van der Waals surface area contributed by atoms with Crippen LogP contribution in [-0.4, -0.2) is 12.1 Å². The minimum Gasteiger partial charge on any atom is -0.453 e. The molecule has 0 aromatic heterocycles. The van der Waals surface area contributed by atoms with Gasteiger partial charge in [-0.2, -0.15) is 0 Å². The maximum atomic E-state index is 11.9. The number of carbonyl (C=O) groups excluding carboxylic acids is 2. The number of anilines is 1. The molecule has 0 aliphatic carbocycles. The molecule has 0 fully saturated rings. The van der Waals surface area contributed by atoms with Crippen molar-refractivity contribution in [2.75, 3.05) is 5.73 Å². The highest BCUT2D eigenvalue weighted by Gasteiger charge is 2.31. The number of primary amides is 1. The van der Waals surface area contributed by atoms with E-state index in [1.165, 1.54) is 0 Å². The van der Waals surface area contributed by atoms with Gasteiger partial charge in [0.2, 0.25) is 0 Å². The molecule has 22 heavy (non-hydrogen) atoms. The Hall–Kier alpha value is -3.02. The molecule has 2 aromatic rings. The Balaban J connectivity index is 1.90. The molecule has 1 unspecified atom stereocenters. The third kappa shape index (κ3) is 2.58. The summed E-state index contributed by atoms with van der Waals surface area (Å²) in [6.07, 6.45) is -0.948. The van der Waals surface area contributed by atoms with E-state index in [1.54, 1.807) is 36.4 Å². The molecule has 6 nitrogen and oxygen atoms in total. The molecule has 0 saturated carbocycles. The summed E-state index contributed by atoms with van der Waals surface area (Å²) in [6, 6.07) is 12.1. The summed E-state index contributed by atoms with van der Waals surface area (Å²) in [7, 11) is 0. The Kier molecular flexibility index (Phi) is 3.42. The Bertz CT molecular complexity index is 758. The summed E-state index contributed by atoms with van der Waals surface area (Å²) in [6.45, 7) is 0. The van der Waals surface area contributed by atoms with Crippen molar-refractivity contribution in [1.82, 2.24) is 0 Å². The number of fused-ring (bicyclic) bond motifs is 1.